The maximum Gasteiger partial charge on any atom is 0.340 e. The topological polar surface area (TPSA) is 78.3 Å². The molecule has 7 nitrogen and oxygen atoms in total. The molecule has 0 amide bonds. The van der Waals surface area contributed by atoms with Crippen molar-refractivity contribution in [2.75, 3.05) is 19.5 Å². The summed E-state index contributed by atoms with van der Waals surface area (Å²) in [4.78, 5) is 16.0. The van der Waals surface area contributed by atoms with Gasteiger partial charge < -0.3 is 14.8 Å². The number of hydrogen-bond donors (Lipinski definition) is 1. The van der Waals surface area contributed by atoms with Crippen LogP contribution < -0.4 is 10.1 Å². The molecule has 0 saturated carbocycles. The summed E-state index contributed by atoms with van der Waals surface area (Å²) in [6.45, 7) is 3.87. The molecule has 2 heterocycles. The SMILES string of the molecule is COC(=O)c1ccncc1Nc1c(C)nn(-c2ccc(OC)cc2)c1C. The van der Waals surface area contributed by atoms with Gasteiger partial charge in [0.05, 0.1) is 54.4 Å². The Hall–Kier alpha value is -3.35. The number of aromatic nitrogens is 3. The highest BCUT2D eigenvalue weighted by Gasteiger charge is 2.17. The molecular formula is C19H20N4O3. The number of anilines is 2. The Bertz CT molecular complexity index is 932. The molecule has 1 N–H and O–H groups in total. The largest absolute Gasteiger partial charge is 0.497 e. The molecule has 0 fully saturated rings. The van der Waals surface area contributed by atoms with Gasteiger partial charge in [0, 0.05) is 6.20 Å². The number of aryl methyl sites for hydroxylation is 1. The summed E-state index contributed by atoms with van der Waals surface area (Å²) in [5.41, 5.74) is 4.43. The first-order valence-electron chi connectivity index (χ1n) is 8.05. The van der Waals surface area contributed by atoms with E-state index in [9.17, 15) is 4.79 Å². The number of nitrogens with one attached hydrogen (secondary N) is 1. The van der Waals surface area contributed by atoms with E-state index in [1.165, 1.54) is 7.11 Å². The summed E-state index contributed by atoms with van der Waals surface area (Å²) in [5, 5.41) is 7.87. The Morgan fingerprint density at radius 1 is 1.12 bits per heavy atom. The van der Waals surface area contributed by atoms with Crippen LogP contribution in [0.2, 0.25) is 0 Å². The highest BCUT2D eigenvalue weighted by molar-refractivity contribution is 5.96. The number of carbonyl (C=O) groups excluding carboxylic acids is 1. The molecule has 26 heavy (non-hydrogen) atoms. The first-order valence-corrected chi connectivity index (χ1v) is 8.05. The Morgan fingerprint density at radius 2 is 1.85 bits per heavy atom. The van der Waals surface area contributed by atoms with Crippen LogP contribution in [0.15, 0.2) is 42.7 Å². The number of carbonyl (C=O) groups is 1. The van der Waals surface area contributed by atoms with Crippen molar-refractivity contribution in [3.63, 3.8) is 0 Å². The van der Waals surface area contributed by atoms with Gasteiger partial charge in [0.1, 0.15) is 5.75 Å². The summed E-state index contributed by atoms with van der Waals surface area (Å²) in [6, 6.07) is 9.26. The first-order chi connectivity index (χ1) is 12.5. The molecule has 0 aliphatic carbocycles. The molecule has 2 aromatic heterocycles. The standard InChI is InChI=1S/C19H20N4O3/c1-12-18(21-17-11-20-10-9-16(17)19(24)26-4)13(2)23(22-12)14-5-7-15(25-3)8-6-14/h5-11,21H,1-4H3. The summed E-state index contributed by atoms with van der Waals surface area (Å²) in [5.74, 6) is 0.361. The van der Waals surface area contributed by atoms with Crippen molar-refractivity contribution in [3.8, 4) is 11.4 Å². The Labute approximate surface area is 151 Å². The van der Waals surface area contributed by atoms with Crippen LogP contribution in [0.5, 0.6) is 5.75 Å². The van der Waals surface area contributed by atoms with Crippen LogP contribution in [0.25, 0.3) is 5.69 Å². The van der Waals surface area contributed by atoms with Crippen LogP contribution in [0.4, 0.5) is 11.4 Å². The van der Waals surface area contributed by atoms with Crippen molar-refractivity contribution < 1.29 is 14.3 Å². The molecule has 0 bridgehead atoms. The maximum atomic E-state index is 12.0. The number of ether oxygens (including phenoxy) is 2. The van der Waals surface area contributed by atoms with Gasteiger partial charge in [-0.25, -0.2) is 9.48 Å². The smallest absolute Gasteiger partial charge is 0.340 e. The third kappa shape index (κ3) is 3.23. The summed E-state index contributed by atoms with van der Waals surface area (Å²) in [7, 11) is 2.98. The second kappa shape index (κ2) is 7.26. The molecule has 0 spiro atoms. The van der Waals surface area contributed by atoms with Gasteiger partial charge in [0.15, 0.2) is 0 Å². The van der Waals surface area contributed by atoms with Crippen LogP contribution in [0.3, 0.4) is 0 Å². The molecule has 134 valence electrons. The lowest BCUT2D eigenvalue weighted by molar-refractivity contribution is 0.0602. The van der Waals surface area contributed by atoms with Gasteiger partial charge in [0.25, 0.3) is 0 Å². The van der Waals surface area contributed by atoms with Crippen molar-refractivity contribution in [3.05, 3.63) is 59.7 Å². The van der Waals surface area contributed by atoms with Crippen LogP contribution >= 0.6 is 0 Å². The number of esters is 1. The van der Waals surface area contributed by atoms with Gasteiger partial charge in [0.2, 0.25) is 0 Å². The third-order valence-corrected chi connectivity index (χ3v) is 4.09. The van der Waals surface area contributed by atoms with Crippen molar-refractivity contribution in [1.29, 1.82) is 0 Å². The predicted molar refractivity (Wildman–Crippen MR) is 98.4 cm³/mol. The highest BCUT2D eigenvalue weighted by Crippen LogP contribution is 2.28. The van der Waals surface area contributed by atoms with E-state index in [2.05, 4.69) is 15.4 Å². The molecule has 3 aromatic rings. The number of nitrogens with zero attached hydrogens (tertiary/aromatic N) is 3. The fourth-order valence-corrected chi connectivity index (χ4v) is 2.72. The summed E-state index contributed by atoms with van der Waals surface area (Å²) in [6.07, 6.45) is 3.15. The maximum absolute atomic E-state index is 12.0. The zero-order valence-corrected chi connectivity index (χ0v) is 15.1. The molecule has 7 heteroatoms. The zero-order chi connectivity index (χ0) is 18.7. The van der Waals surface area contributed by atoms with Crippen molar-refractivity contribution in [1.82, 2.24) is 14.8 Å². The molecule has 0 saturated heterocycles. The summed E-state index contributed by atoms with van der Waals surface area (Å²) >= 11 is 0. The molecule has 0 aliphatic heterocycles. The fraction of sp³-hybridized carbons (Fsp3) is 0.211. The Kier molecular flexibility index (Phi) is 4.88. The van der Waals surface area contributed by atoms with E-state index in [1.807, 2.05) is 42.8 Å². The quantitative estimate of drug-likeness (QED) is 0.709. The van der Waals surface area contributed by atoms with E-state index in [-0.39, 0.29) is 0 Å². The Morgan fingerprint density at radius 3 is 2.50 bits per heavy atom. The van der Waals surface area contributed by atoms with E-state index < -0.39 is 5.97 Å². The first kappa shape index (κ1) is 17.5. The van der Waals surface area contributed by atoms with E-state index >= 15 is 0 Å². The third-order valence-electron chi connectivity index (χ3n) is 4.09. The van der Waals surface area contributed by atoms with Gasteiger partial charge in [-0.15, -0.1) is 0 Å². The minimum atomic E-state index is -0.423. The van der Waals surface area contributed by atoms with Crippen molar-refractivity contribution >= 4 is 17.3 Å². The monoisotopic (exact) mass is 352 g/mol. The van der Waals surface area contributed by atoms with E-state index in [0.717, 1.165) is 28.5 Å². The van der Waals surface area contributed by atoms with Crippen LogP contribution in [0, 0.1) is 13.8 Å². The zero-order valence-electron chi connectivity index (χ0n) is 15.1. The molecule has 0 aliphatic rings. The van der Waals surface area contributed by atoms with Gasteiger partial charge in [-0.1, -0.05) is 0 Å². The number of benzene rings is 1. The Balaban J connectivity index is 1.98. The lowest BCUT2D eigenvalue weighted by atomic mass is 10.2. The average molecular weight is 352 g/mol. The van der Waals surface area contributed by atoms with E-state index in [0.29, 0.717) is 11.3 Å². The second-order valence-electron chi connectivity index (χ2n) is 5.69. The minimum absolute atomic E-state index is 0.415. The van der Waals surface area contributed by atoms with E-state index in [1.54, 1.807) is 25.6 Å². The van der Waals surface area contributed by atoms with Crippen LogP contribution in [0.1, 0.15) is 21.7 Å². The molecule has 0 atom stereocenters. The number of methoxy groups -OCH3 is 2. The van der Waals surface area contributed by atoms with Gasteiger partial charge in [-0.05, 0) is 44.2 Å². The molecule has 3 rings (SSSR count). The van der Waals surface area contributed by atoms with Gasteiger partial charge in [-0.2, -0.15) is 5.10 Å². The second-order valence-corrected chi connectivity index (χ2v) is 5.69. The fourth-order valence-electron chi connectivity index (χ4n) is 2.72. The molecule has 0 unspecified atom stereocenters. The van der Waals surface area contributed by atoms with Gasteiger partial charge in [-0.3, -0.25) is 4.98 Å². The lowest BCUT2D eigenvalue weighted by Crippen LogP contribution is -2.07. The van der Waals surface area contributed by atoms with Crippen LogP contribution in [-0.2, 0) is 4.74 Å². The normalized spacial score (nSPS) is 10.5. The number of pyridine rings is 1. The highest BCUT2D eigenvalue weighted by atomic mass is 16.5. The molecule has 0 radical (unpaired) electrons. The van der Waals surface area contributed by atoms with Gasteiger partial charge >= 0.3 is 5.97 Å². The predicted octanol–water partition coefficient (Wildman–Crippen LogP) is 3.42. The lowest BCUT2D eigenvalue weighted by Gasteiger charge is -2.11. The number of hydrogen-bond acceptors (Lipinski definition) is 6. The van der Waals surface area contributed by atoms with Crippen LogP contribution in [-0.4, -0.2) is 35.0 Å². The van der Waals surface area contributed by atoms with Crippen molar-refractivity contribution in [2.45, 2.75) is 13.8 Å². The average Bonchev–Trinajstić information content (AvgIpc) is 2.96. The minimum Gasteiger partial charge on any atom is -0.497 e. The van der Waals surface area contributed by atoms with E-state index in [4.69, 9.17) is 9.47 Å². The molecule has 1 aromatic carbocycles. The molecular weight excluding hydrogens is 332 g/mol. The number of rotatable bonds is 5. The van der Waals surface area contributed by atoms with Crippen molar-refractivity contribution in [2.24, 2.45) is 0 Å². The summed E-state index contributed by atoms with van der Waals surface area (Å²) < 4.78 is 11.9.